The number of hydrogen-bond acceptors (Lipinski definition) is 4. The van der Waals surface area contributed by atoms with E-state index in [4.69, 9.17) is 14.2 Å². The Morgan fingerprint density at radius 3 is 2.17 bits per heavy atom. The van der Waals surface area contributed by atoms with E-state index in [1.807, 2.05) is 60.7 Å². The molecule has 4 nitrogen and oxygen atoms in total. The SMILES string of the molecule is O[C@@H]1C(OCc2ccccc2)C=COC1COCc1ccccc1. The molecule has 1 aliphatic rings. The molecule has 1 aliphatic heterocycles. The van der Waals surface area contributed by atoms with E-state index in [0.29, 0.717) is 19.8 Å². The molecule has 0 spiro atoms. The second kappa shape index (κ2) is 8.64. The molecule has 0 radical (unpaired) electrons. The van der Waals surface area contributed by atoms with Crippen molar-refractivity contribution in [3.8, 4) is 0 Å². The molecule has 1 N–H and O–H groups in total. The van der Waals surface area contributed by atoms with Gasteiger partial charge in [0, 0.05) is 0 Å². The van der Waals surface area contributed by atoms with Crippen LogP contribution in [0.3, 0.4) is 0 Å². The van der Waals surface area contributed by atoms with Crippen LogP contribution >= 0.6 is 0 Å². The van der Waals surface area contributed by atoms with Crippen molar-refractivity contribution in [3.63, 3.8) is 0 Å². The Labute approximate surface area is 142 Å². The predicted octanol–water partition coefficient (Wildman–Crippen LogP) is 3.06. The molecule has 1 heterocycles. The summed E-state index contributed by atoms with van der Waals surface area (Å²) in [7, 11) is 0. The van der Waals surface area contributed by atoms with E-state index < -0.39 is 18.3 Å². The van der Waals surface area contributed by atoms with Crippen LogP contribution in [0.2, 0.25) is 0 Å². The molecule has 0 aliphatic carbocycles. The first kappa shape index (κ1) is 16.7. The molecule has 3 rings (SSSR count). The molecule has 0 saturated carbocycles. The Morgan fingerprint density at radius 1 is 0.875 bits per heavy atom. The number of aliphatic hydroxyl groups excluding tert-OH is 1. The topological polar surface area (TPSA) is 47.9 Å². The number of hydrogen-bond donors (Lipinski definition) is 1. The predicted molar refractivity (Wildman–Crippen MR) is 91.1 cm³/mol. The number of aliphatic hydroxyl groups is 1. The van der Waals surface area contributed by atoms with Gasteiger partial charge in [-0.05, 0) is 17.2 Å². The maximum absolute atomic E-state index is 10.4. The van der Waals surface area contributed by atoms with Crippen molar-refractivity contribution < 1.29 is 19.3 Å². The molecule has 0 amide bonds. The molecule has 0 aromatic heterocycles. The minimum absolute atomic E-state index is 0.311. The van der Waals surface area contributed by atoms with E-state index in [2.05, 4.69) is 0 Å². The summed E-state index contributed by atoms with van der Waals surface area (Å²) in [5, 5.41) is 10.4. The van der Waals surface area contributed by atoms with E-state index in [-0.39, 0.29) is 0 Å². The van der Waals surface area contributed by atoms with Gasteiger partial charge in [-0.1, -0.05) is 60.7 Å². The van der Waals surface area contributed by atoms with Crippen LogP contribution in [0, 0.1) is 0 Å². The minimum Gasteiger partial charge on any atom is -0.493 e. The van der Waals surface area contributed by atoms with Crippen LogP contribution in [-0.2, 0) is 27.4 Å². The minimum atomic E-state index is -0.755. The Bertz CT molecular complexity index is 627. The average molecular weight is 326 g/mol. The number of rotatable bonds is 7. The normalized spacial score (nSPS) is 23.0. The summed E-state index contributed by atoms with van der Waals surface area (Å²) < 4.78 is 16.9. The molecule has 126 valence electrons. The maximum atomic E-state index is 10.4. The van der Waals surface area contributed by atoms with Crippen LogP contribution in [0.5, 0.6) is 0 Å². The van der Waals surface area contributed by atoms with Gasteiger partial charge in [0.15, 0.2) is 0 Å². The lowest BCUT2D eigenvalue weighted by atomic mass is 10.1. The molecule has 0 saturated heterocycles. The largest absolute Gasteiger partial charge is 0.493 e. The molecule has 2 aromatic carbocycles. The first-order valence-corrected chi connectivity index (χ1v) is 8.10. The summed E-state index contributed by atoms with van der Waals surface area (Å²) in [6, 6.07) is 19.8. The quantitative estimate of drug-likeness (QED) is 0.849. The first-order chi connectivity index (χ1) is 11.8. The molecule has 24 heavy (non-hydrogen) atoms. The molecule has 2 aromatic rings. The van der Waals surface area contributed by atoms with Crippen molar-refractivity contribution in [1.82, 2.24) is 0 Å². The van der Waals surface area contributed by atoms with Gasteiger partial charge in [-0.15, -0.1) is 0 Å². The Balaban J connectivity index is 1.46. The Kier molecular flexibility index (Phi) is 6.01. The van der Waals surface area contributed by atoms with Gasteiger partial charge in [0.2, 0.25) is 0 Å². The lowest BCUT2D eigenvalue weighted by molar-refractivity contribution is -0.116. The van der Waals surface area contributed by atoms with Crippen molar-refractivity contribution in [2.45, 2.75) is 31.5 Å². The molecular weight excluding hydrogens is 304 g/mol. The third kappa shape index (κ3) is 4.68. The third-order valence-electron chi connectivity index (χ3n) is 3.92. The second-order valence-corrected chi connectivity index (χ2v) is 5.76. The van der Waals surface area contributed by atoms with E-state index in [0.717, 1.165) is 11.1 Å². The van der Waals surface area contributed by atoms with Gasteiger partial charge in [0.05, 0.1) is 26.1 Å². The van der Waals surface area contributed by atoms with Crippen LogP contribution in [0.4, 0.5) is 0 Å². The standard InChI is InChI=1S/C20H22O4/c21-20-18(24-14-17-9-5-2-6-10-17)11-12-23-19(20)15-22-13-16-7-3-1-4-8-16/h1-12,18-21H,13-15H2/t18?,19?,20-/m1/s1. The molecule has 0 bridgehead atoms. The second-order valence-electron chi connectivity index (χ2n) is 5.76. The van der Waals surface area contributed by atoms with Gasteiger partial charge in [-0.3, -0.25) is 0 Å². The Hall–Kier alpha value is -2.14. The highest BCUT2D eigenvalue weighted by atomic mass is 16.6. The summed E-state index contributed by atoms with van der Waals surface area (Å²) >= 11 is 0. The summed E-state index contributed by atoms with van der Waals surface area (Å²) in [6.45, 7) is 1.25. The van der Waals surface area contributed by atoms with E-state index in [9.17, 15) is 5.11 Å². The van der Waals surface area contributed by atoms with Gasteiger partial charge < -0.3 is 19.3 Å². The van der Waals surface area contributed by atoms with Crippen LogP contribution < -0.4 is 0 Å². The average Bonchev–Trinajstić information content (AvgIpc) is 2.64. The summed E-state index contributed by atoms with van der Waals surface area (Å²) in [4.78, 5) is 0. The van der Waals surface area contributed by atoms with E-state index in [1.165, 1.54) is 0 Å². The van der Waals surface area contributed by atoms with Gasteiger partial charge in [0.1, 0.15) is 18.3 Å². The zero-order chi connectivity index (χ0) is 16.6. The van der Waals surface area contributed by atoms with Gasteiger partial charge in [0.25, 0.3) is 0 Å². The van der Waals surface area contributed by atoms with Crippen molar-refractivity contribution >= 4 is 0 Å². The highest BCUT2D eigenvalue weighted by molar-refractivity contribution is 5.14. The van der Waals surface area contributed by atoms with Gasteiger partial charge >= 0.3 is 0 Å². The third-order valence-corrected chi connectivity index (χ3v) is 3.92. The zero-order valence-electron chi connectivity index (χ0n) is 13.5. The lowest BCUT2D eigenvalue weighted by Crippen LogP contribution is -2.44. The highest BCUT2D eigenvalue weighted by Gasteiger charge is 2.31. The fourth-order valence-electron chi connectivity index (χ4n) is 2.56. The molecule has 2 unspecified atom stereocenters. The van der Waals surface area contributed by atoms with E-state index >= 15 is 0 Å². The van der Waals surface area contributed by atoms with Crippen LogP contribution in [0.15, 0.2) is 73.0 Å². The highest BCUT2D eigenvalue weighted by Crippen LogP contribution is 2.18. The zero-order valence-corrected chi connectivity index (χ0v) is 13.5. The summed E-state index contributed by atoms with van der Waals surface area (Å²) in [5.41, 5.74) is 2.16. The molecule has 4 heteroatoms. The maximum Gasteiger partial charge on any atom is 0.150 e. The van der Waals surface area contributed by atoms with E-state index in [1.54, 1.807) is 12.3 Å². The smallest absolute Gasteiger partial charge is 0.150 e. The van der Waals surface area contributed by atoms with Crippen LogP contribution in [0.1, 0.15) is 11.1 Å². The van der Waals surface area contributed by atoms with Gasteiger partial charge in [-0.2, -0.15) is 0 Å². The van der Waals surface area contributed by atoms with Crippen molar-refractivity contribution in [1.29, 1.82) is 0 Å². The van der Waals surface area contributed by atoms with Crippen molar-refractivity contribution in [2.24, 2.45) is 0 Å². The van der Waals surface area contributed by atoms with Crippen molar-refractivity contribution in [2.75, 3.05) is 6.61 Å². The monoisotopic (exact) mass is 326 g/mol. The lowest BCUT2D eigenvalue weighted by Gasteiger charge is -2.31. The molecule has 0 fully saturated rings. The first-order valence-electron chi connectivity index (χ1n) is 8.10. The van der Waals surface area contributed by atoms with Crippen molar-refractivity contribution in [3.05, 3.63) is 84.1 Å². The number of benzene rings is 2. The fraction of sp³-hybridized carbons (Fsp3) is 0.300. The Morgan fingerprint density at radius 2 is 1.50 bits per heavy atom. The molecule has 3 atom stereocenters. The number of ether oxygens (including phenoxy) is 3. The summed E-state index contributed by atoms with van der Waals surface area (Å²) in [6.07, 6.45) is 1.73. The van der Waals surface area contributed by atoms with Crippen LogP contribution in [0.25, 0.3) is 0 Å². The van der Waals surface area contributed by atoms with Gasteiger partial charge in [-0.25, -0.2) is 0 Å². The molecular formula is C20H22O4. The fourth-order valence-corrected chi connectivity index (χ4v) is 2.56. The van der Waals surface area contributed by atoms with Crippen LogP contribution in [-0.4, -0.2) is 30.0 Å². The summed E-state index contributed by atoms with van der Waals surface area (Å²) in [5.74, 6) is 0.